The second-order valence-corrected chi connectivity index (χ2v) is 6.48. The second kappa shape index (κ2) is 6.18. The van der Waals surface area contributed by atoms with Crippen LogP contribution in [0.3, 0.4) is 0 Å². The zero-order valence-corrected chi connectivity index (χ0v) is 13.7. The molecule has 0 radical (unpaired) electrons. The van der Waals surface area contributed by atoms with E-state index in [-0.39, 0.29) is 12.7 Å². The number of fused-ring (bicyclic) bond motifs is 1. The minimum Gasteiger partial charge on any atom is -0.368 e. The monoisotopic (exact) mass is 340 g/mol. The Balaban J connectivity index is 1.64. The highest BCUT2D eigenvalue weighted by Gasteiger charge is 2.30. The average molecular weight is 340 g/mol. The van der Waals surface area contributed by atoms with E-state index in [0.29, 0.717) is 13.1 Å². The molecule has 1 fully saturated rings. The van der Waals surface area contributed by atoms with E-state index >= 15 is 0 Å². The van der Waals surface area contributed by atoms with Gasteiger partial charge in [-0.2, -0.15) is 11.3 Å². The van der Waals surface area contributed by atoms with Crippen LogP contribution in [0.2, 0.25) is 0 Å². The molecule has 0 unspecified atom stereocenters. The first-order valence-corrected chi connectivity index (χ1v) is 8.59. The smallest absolute Gasteiger partial charge is 0.243 e. The van der Waals surface area contributed by atoms with Crippen molar-refractivity contribution in [3.63, 3.8) is 0 Å². The largest absolute Gasteiger partial charge is 0.368 e. The lowest BCUT2D eigenvalue weighted by Crippen LogP contribution is -2.53. The van der Waals surface area contributed by atoms with Crippen molar-refractivity contribution in [1.82, 2.24) is 9.97 Å². The van der Waals surface area contributed by atoms with Gasteiger partial charge in [0.25, 0.3) is 0 Å². The number of ether oxygens (including phenoxy) is 1. The highest BCUT2D eigenvalue weighted by atomic mass is 32.1. The molecule has 0 bridgehead atoms. The number of primary amides is 1. The molecule has 2 N–H and O–H groups in total. The van der Waals surface area contributed by atoms with E-state index in [0.717, 1.165) is 28.1 Å². The first-order chi connectivity index (χ1) is 11.7. The van der Waals surface area contributed by atoms with Crippen LogP contribution in [0.25, 0.3) is 22.3 Å². The molecule has 1 amide bonds. The third-order valence-electron chi connectivity index (χ3n) is 3.97. The van der Waals surface area contributed by atoms with Crippen LogP contribution < -0.4 is 10.6 Å². The third kappa shape index (κ3) is 2.83. The van der Waals surface area contributed by atoms with Crippen LogP contribution in [-0.2, 0) is 9.53 Å². The molecular formula is C17H16N4O2S. The number of nitrogens with zero attached hydrogens (tertiary/aromatic N) is 3. The molecule has 2 aromatic heterocycles. The first kappa shape index (κ1) is 15.0. The van der Waals surface area contributed by atoms with Crippen molar-refractivity contribution in [2.75, 3.05) is 24.6 Å². The molecule has 1 saturated heterocycles. The number of thiophene rings is 1. The summed E-state index contributed by atoms with van der Waals surface area (Å²) in [6.45, 7) is 1.35. The van der Waals surface area contributed by atoms with Crippen molar-refractivity contribution in [2.45, 2.75) is 6.10 Å². The number of nitrogens with two attached hydrogens (primary N) is 1. The number of carbonyl (C=O) groups is 1. The molecule has 24 heavy (non-hydrogen) atoms. The van der Waals surface area contributed by atoms with Crippen molar-refractivity contribution < 1.29 is 9.53 Å². The van der Waals surface area contributed by atoms with Crippen LogP contribution >= 0.6 is 11.3 Å². The van der Waals surface area contributed by atoms with E-state index in [1.54, 1.807) is 11.3 Å². The Kier molecular flexibility index (Phi) is 3.87. The van der Waals surface area contributed by atoms with Crippen LogP contribution in [0.4, 0.5) is 5.82 Å². The normalized spacial score (nSPS) is 14.8. The highest BCUT2D eigenvalue weighted by Crippen LogP contribution is 2.31. The number of hydrogen-bond donors (Lipinski definition) is 1. The first-order valence-electron chi connectivity index (χ1n) is 7.65. The van der Waals surface area contributed by atoms with Crippen LogP contribution in [0.1, 0.15) is 0 Å². The number of para-hydroxylation sites is 1. The van der Waals surface area contributed by atoms with Gasteiger partial charge < -0.3 is 15.4 Å². The van der Waals surface area contributed by atoms with Gasteiger partial charge in [-0.15, -0.1) is 0 Å². The minimum absolute atomic E-state index is 0.0100. The second-order valence-electron chi connectivity index (χ2n) is 5.70. The number of benzene rings is 1. The zero-order chi connectivity index (χ0) is 16.5. The fraction of sp³-hybridized carbons (Fsp3) is 0.235. The summed E-state index contributed by atoms with van der Waals surface area (Å²) in [5.74, 6) is 1.19. The molecule has 6 nitrogen and oxygen atoms in total. The average Bonchev–Trinajstić information content (AvgIpc) is 3.07. The molecule has 0 atom stereocenters. The van der Waals surface area contributed by atoms with Gasteiger partial charge in [-0.25, -0.2) is 9.97 Å². The predicted molar refractivity (Wildman–Crippen MR) is 94.0 cm³/mol. The molecule has 122 valence electrons. The summed E-state index contributed by atoms with van der Waals surface area (Å²) in [7, 11) is 0. The van der Waals surface area contributed by atoms with Crippen molar-refractivity contribution in [2.24, 2.45) is 5.73 Å². The quantitative estimate of drug-likeness (QED) is 0.769. The van der Waals surface area contributed by atoms with E-state index in [2.05, 4.69) is 9.88 Å². The molecular weight excluding hydrogens is 324 g/mol. The Morgan fingerprint density at radius 2 is 2.12 bits per heavy atom. The molecule has 0 spiro atoms. The number of rotatable bonds is 5. The van der Waals surface area contributed by atoms with Crippen molar-refractivity contribution in [3.05, 3.63) is 41.1 Å². The van der Waals surface area contributed by atoms with E-state index in [1.165, 1.54) is 0 Å². The molecule has 3 aromatic rings. The van der Waals surface area contributed by atoms with Gasteiger partial charge in [-0.1, -0.05) is 12.1 Å². The SMILES string of the molecule is NC(=O)COC1CN(c2nc(-c3ccsc3)nc3ccccc23)C1. The van der Waals surface area contributed by atoms with Crippen LogP contribution in [0.15, 0.2) is 41.1 Å². The summed E-state index contributed by atoms with van der Waals surface area (Å²) in [6, 6.07) is 10.0. The summed E-state index contributed by atoms with van der Waals surface area (Å²) in [5, 5.41) is 5.08. The molecule has 0 aliphatic carbocycles. The lowest BCUT2D eigenvalue weighted by Gasteiger charge is -2.40. The van der Waals surface area contributed by atoms with Gasteiger partial charge in [-0.05, 0) is 23.6 Å². The number of carbonyl (C=O) groups excluding carboxylic acids is 1. The number of hydrogen-bond acceptors (Lipinski definition) is 6. The molecule has 4 rings (SSSR count). The summed E-state index contributed by atoms with van der Waals surface area (Å²) < 4.78 is 5.45. The minimum atomic E-state index is -0.444. The summed E-state index contributed by atoms with van der Waals surface area (Å²) in [5.41, 5.74) is 7.06. The molecule has 0 saturated carbocycles. The lowest BCUT2D eigenvalue weighted by atomic mass is 10.1. The van der Waals surface area contributed by atoms with Gasteiger partial charge in [0.15, 0.2) is 5.82 Å². The Morgan fingerprint density at radius 1 is 1.29 bits per heavy atom. The maximum absolute atomic E-state index is 10.8. The predicted octanol–water partition coefficient (Wildman–Crippen LogP) is 2.05. The number of aromatic nitrogens is 2. The van der Waals surface area contributed by atoms with E-state index in [9.17, 15) is 4.79 Å². The maximum atomic E-state index is 10.8. The van der Waals surface area contributed by atoms with Gasteiger partial charge in [0.05, 0.1) is 11.6 Å². The highest BCUT2D eigenvalue weighted by molar-refractivity contribution is 7.08. The molecule has 7 heteroatoms. The Bertz CT molecular complexity index is 875. The molecule has 1 aliphatic rings. The standard InChI is InChI=1S/C17H16N4O2S/c18-15(22)9-23-12-7-21(8-12)17-13-3-1-2-4-14(13)19-16(20-17)11-5-6-24-10-11/h1-6,10,12H,7-9H2,(H2,18,22). The van der Waals surface area contributed by atoms with Gasteiger partial charge in [0.1, 0.15) is 12.4 Å². The Hall–Kier alpha value is -2.51. The summed E-state index contributed by atoms with van der Waals surface area (Å²) in [4.78, 5) is 22.4. The van der Waals surface area contributed by atoms with Crippen molar-refractivity contribution in [3.8, 4) is 11.4 Å². The summed E-state index contributed by atoms with van der Waals surface area (Å²) >= 11 is 1.63. The molecule has 1 aliphatic heterocycles. The van der Waals surface area contributed by atoms with E-state index in [4.69, 9.17) is 15.5 Å². The molecule has 3 heterocycles. The van der Waals surface area contributed by atoms with Crippen LogP contribution in [0, 0.1) is 0 Å². The number of amides is 1. The van der Waals surface area contributed by atoms with E-state index in [1.807, 2.05) is 41.1 Å². The van der Waals surface area contributed by atoms with Gasteiger partial charge in [-0.3, -0.25) is 4.79 Å². The van der Waals surface area contributed by atoms with Crippen molar-refractivity contribution >= 4 is 34.0 Å². The lowest BCUT2D eigenvalue weighted by molar-refractivity contribution is -0.125. The topological polar surface area (TPSA) is 81.3 Å². The molecule has 1 aromatic carbocycles. The van der Waals surface area contributed by atoms with Gasteiger partial charge in [0, 0.05) is 29.4 Å². The fourth-order valence-corrected chi connectivity index (χ4v) is 3.37. The van der Waals surface area contributed by atoms with Crippen molar-refractivity contribution in [1.29, 1.82) is 0 Å². The Morgan fingerprint density at radius 3 is 2.88 bits per heavy atom. The Labute approximate surface area is 142 Å². The van der Waals surface area contributed by atoms with Crippen LogP contribution in [0.5, 0.6) is 0 Å². The van der Waals surface area contributed by atoms with Gasteiger partial charge in [0.2, 0.25) is 5.91 Å². The maximum Gasteiger partial charge on any atom is 0.243 e. The number of anilines is 1. The zero-order valence-electron chi connectivity index (χ0n) is 12.9. The van der Waals surface area contributed by atoms with Gasteiger partial charge >= 0.3 is 0 Å². The summed E-state index contributed by atoms with van der Waals surface area (Å²) in [6.07, 6.45) is 0.0100. The van der Waals surface area contributed by atoms with E-state index < -0.39 is 5.91 Å². The third-order valence-corrected chi connectivity index (χ3v) is 4.65. The van der Waals surface area contributed by atoms with Crippen LogP contribution in [-0.4, -0.2) is 41.7 Å². The fourth-order valence-electron chi connectivity index (χ4n) is 2.74.